The molecule has 0 bridgehead atoms. The lowest BCUT2D eigenvalue weighted by molar-refractivity contribution is -0.122. The minimum absolute atomic E-state index is 0.0936. The van der Waals surface area contributed by atoms with Gasteiger partial charge in [-0.2, -0.15) is 0 Å². The van der Waals surface area contributed by atoms with Crippen molar-refractivity contribution in [1.29, 1.82) is 0 Å². The van der Waals surface area contributed by atoms with Crippen molar-refractivity contribution < 1.29 is 9.32 Å². The fourth-order valence-electron chi connectivity index (χ4n) is 3.52. The molecule has 0 aliphatic carbocycles. The van der Waals surface area contributed by atoms with E-state index in [1.165, 1.54) is 11.1 Å². The number of nitrogens with one attached hydrogen (secondary N) is 1. The van der Waals surface area contributed by atoms with Crippen LogP contribution in [0.4, 0.5) is 5.82 Å². The van der Waals surface area contributed by atoms with Gasteiger partial charge in [-0.25, -0.2) is 0 Å². The number of amides is 1. The van der Waals surface area contributed by atoms with E-state index in [0.717, 1.165) is 25.1 Å². The largest absolute Gasteiger partial charge is 0.360 e. The molecule has 0 saturated carbocycles. The number of fused-ring (bicyclic) bond motifs is 1. The highest BCUT2D eigenvalue weighted by Crippen LogP contribution is 2.29. The van der Waals surface area contributed by atoms with Crippen LogP contribution in [0.2, 0.25) is 0 Å². The fraction of sp³-hybridized carbons (Fsp3) is 0.238. The Morgan fingerprint density at radius 2 is 1.85 bits per heavy atom. The van der Waals surface area contributed by atoms with E-state index in [0.29, 0.717) is 11.6 Å². The number of benzene rings is 2. The zero-order chi connectivity index (χ0) is 17.9. The van der Waals surface area contributed by atoms with Gasteiger partial charge in [-0.15, -0.1) is 0 Å². The number of hydrogen-bond donors (Lipinski definition) is 1. The summed E-state index contributed by atoms with van der Waals surface area (Å²) in [6.45, 7) is 3.39. The third-order valence-electron chi connectivity index (χ3n) is 4.77. The Kier molecular flexibility index (Phi) is 4.54. The Balaban J connectivity index is 1.62. The number of rotatable bonds is 4. The highest BCUT2D eigenvalue weighted by molar-refractivity contribution is 5.94. The lowest BCUT2D eigenvalue weighted by Gasteiger charge is -2.34. The molecule has 26 heavy (non-hydrogen) atoms. The van der Waals surface area contributed by atoms with Crippen molar-refractivity contribution in [3.8, 4) is 0 Å². The molecule has 132 valence electrons. The maximum Gasteiger partial charge on any atom is 0.247 e. The Labute approximate surface area is 152 Å². The van der Waals surface area contributed by atoms with Crippen molar-refractivity contribution in [3.05, 3.63) is 83.1 Å². The van der Waals surface area contributed by atoms with Crippen LogP contribution in [0.1, 0.15) is 28.5 Å². The van der Waals surface area contributed by atoms with E-state index in [4.69, 9.17) is 4.52 Å². The summed E-state index contributed by atoms with van der Waals surface area (Å²) in [6.07, 6.45) is 0.940. The topological polar surface area (TPSA) is 58.4 Å². The number of hydrogen-bond acceptors (Lipinski definition) is 4. The quantitative estimate of drug-likeness (QED) is 0.781. The first kappa shape index (κ1) is 16.5. The second-order valence-corrected chi connectivity index (χ2v) is 6.61. The molecular formula is C21H21N3O2. The maximum atomic E-state index is 13.1. The summed E-state index contributed by atoms with van der Waals surface area (Å²) in [7, 11) is 0. The molecule has 0 spiro atoms. The van der Waals surface area contributed by atoms with Crippen LogP contribution in [-0.4, -0.2) is 22.5 Å². The summed E-state index contributed by atoms with van der Waals surface area (Å²) in [5, 5.41) is 6.78. The zero-order valence-corrected chi connectivity index (χ0v) is 14.7. The second kappa shape index (κ2) is 7.14. The third kappa shape index (κ3) is 3.39. The van der Waals surface area contributed by atoms with Crippen LogP contribution in [0, 0.1) is 6.92 Å². The molecule has 1 amide bonds. The third-order valence-corrected chi connectivity index (χ3v) is 4.77. The van der Waals surface area contributed by atoms with E-state index in [-0.39, 0.29) is 11.9 Å². The van der Waals surface area contributed by atoms with Gasteiger partial charge in [-0.3, -0.25) is 9.69 Å². The van der Waals surface area contributed by atoms with Gasteiger partial charge in [0.15, 0.2) is 5.82 Å². The van der Waals surface area contributed by atoms with Crippen LogP contribution in [0.3, 0.4) is 0 Å². The van der Waals surface area contributed by atoms with Crippen LogP contribution in [0.5, 0.6) is 0 Å². The van der Waals surface area contributed by atoms with Crippen LogP contribution >= 0.6 is 0 Å². The monoisotopic (exact) mass is 347 g/mol. The average molecular weight is 347 g/mol. The van der Waals surface area contributed by atoms with Gasteiger partial charge in [0.25, 0.3) is 0 Å². The lowest BCUT2D eigenvalue weighted by Crippen LogP contribution is -2.40. The Morgan fingerprint density at radius 3 is 2.58 bits per heavy atom. The van der Waals surface area contributed by atoms with Crippen LogP contribution in [0.15, 0.2) is 65.2 Å². The van der Waals surface area contributed by atoms with E-state index in [1.807, 2.05) is 30.3 Å². The molecule has 2 aromatic carbocycles. The first-order chi connectivity index (χ1) is 12.7. The molecular weight excluding hydrogens is 326 g/mol. The lowest BCUT2D eigenvalue weighted by atomic mass is 9.96. The summed E-state index contributed by atoms with van der Waals surface area (Å²) >= 11 is 0. The minimum Gasteiger partial charge on any atom is -0.360 e. The van der Waals surface area contributed by atoms with Crippen LogP contribution in [-0.2, 0) is 17.8 Å². The molecule has 2 heterocycles. The standard InChI is InChI=1S/C21H21N3O2/c1-15-13-19(23-26-15)22-21(25)20(17-8-3-2-4-9-17)24-12-11-16-7-5-6-10-18(16)14-24/h2-10,13,20H,11-12,14H2,1H3,(H,22,23,25)/t20-/m1/s1. The summed E-state index contributed by atoms with van der Waals surface area (Å²) < 4.78 is 5.06. The predicted octanol–water partition coefficient (Wildman–Crippen LogP) is 3.72. The molecule has 5 nitrogen and oxygen atoms in total. The summed E-state index contributed by atoms with van der Waals surface area (Å²) in [5.74, 6) is 1.03. The highest BCUT2D eigenvalue weighted by atomic mass is 16.5. The Hall–Kier alpha value is -2.92. The second-order valence-electron chi connectivity index (χ2n) is 6.61. The molecule has 0 saturated heterocycles. The van der Waals surface area contributed by atoms with E-state index >= 15 is 0 Å². The molecule has 4 rings (SSSR count). The van der Waals surface area contributed by atoms with Gasteiger partial charge in [0.2, 0.25) is 5.91 Å². The van der Waals surface area contributed by atoms with E-state index < -0.39 is 0 Å². The SMILES string of the molecule is Cc1cc(NC(=O)[C@@H](c2ccccc2)N2CCc3ccccc3C2)no1. The van der Waals surface area contributed by atoms with E-state index in [9.17, 15) is 4.79 Å². The molecule has 3 aromatic rings. The van der Waals surface area contributed by atoms with Gasteiger partial charge in [-0.1, -0.05) is 59.8 Å². The highest BCUT2D eigenvalue weighted by Gasteiger charge is 2.30. The van der Waals surface area contributed by atoms with Crippen molar-refractivity contribution in [2.45, 2.75) is 25.9 Å². The molecule has 0 radical (unpaired) electrons. The molecule has 5 heteroatoms. The normalized spacial score (nSPS) is 15.3. The number of carbonyl (C=O) groups excluding carboxylic acids is 1. The summed E-state index contributed by atoms with van der Waals surface area (Å²) in [6, 6.07) is 19.7. The van der Waals surface area contributed by atoms with Gasteiger partial charge < -0.3 is 9.84 Å². The van der Waals surface area contributed by atoms with Crippen LogP contribution in [0.25, 0.3) is 0 Å². The number of carbonyl (C=O) groups is 1. The van der Waals surface area contributed by atoms with Gasteiger partial charge in [0.1, 0.15) is 11.8 Å². The first-order valence-electron chi connectivity index (χ1n) is 8.80. The van der Waals surface area contributed by atoms with Crippen molar-refractivity contribution >= 4 is 11.7 Å². The number of aryl methyl sites for hydroxylation is 1. The Morgan fingerprint density at radius 1 is 1.12 bits per heavy atom. The molecule has 1 atom stereocenters. The number of nitrogens with zero attached hydrogens (tertiary/aromatic N) is 2. The average Bonchev–Trinajstić information content (AvgIpc) is 3.07. The zero-order valence-electron chi connectivity index (χ0n) is 14.7. The van der Waals surface area contributed by atoms with Gasteiger partial charge >= 0.3 is 0 Å². The van der Waals surface area contributed by atoms with Gasteiger partial charge in [-0.05, 0) is 30.0 Å². The minimum atomic E-state index is -0.374. The summed E-state index contributed by atoms with van der Waals surface area (Å²) in [5.41, 5.74) is 3.62. The predicted molar refractivity (Wildman–Crippen MR) is 99.6 cm³/mol. The van der Waals surface area contributed by atoms with Crippen molar-refractivity contribution in [2.24, 2.45) is 0 Å². The molecule has 0 unspecified atom stereocenters. The maximum absolute atomic E-state index is 13.1. The fourth-order valence-corrected chi connectivity index (χ4v) is 3.52. The van der Waals surface area contributed by atoms with Crippen molar-refractivity contribution in [2.75, 3.05) is 11.9 Å². The van der Waals surface area contributed by atoms with Gasteiger partial charge in [0.05, 0.1) is 0 Å². The summed E-state index contributed by atoms with van der Waals surface area (Å²) in [4.78, 5) is 15.3. The van der Waals surface area contributed by atoms with Crippen molar-refractivity contribution in [3.63, 3.8) is 0 Å². The van der Waals surface area contributed by atoms with E-state index in [2.05, 4.69) is 39.6 Å². The van der Waals surface area contributed by atoms with Gasteiger partial charge in [0, 0.05) is 19.2 Å². The molecule has 1 aromatic heterocycles. The smallest absolute Gasteiger partial charge is 0.247 e. The molecule has 0 fully saturated rings. The Bertz CT molecular complexity index is 904. The molecule has 1 N–H and O–H groups in total. The van der Waals surface area contributed by atoms with Crippen LogP contribution < -0.4 is 5.32 Å². The number of anilines is 1. The van der Waals surface area contributed by atoms with Crippen molar-refractivity contribution in [1.82, 2.24) is 10.1 Å². The molecule has 1 aliphatic rings. The first-order valence-corrected chi connectivity index (χ1v) is 8.80. The molecule has 1 aliphatic heterocycles. The number of aromatic nitrogens is 1. The van der Waals surface area contributed by atoms with E-state index in [1.54, 1.807) is 13.0 Å².